The van der Waals surface area contributed by atoms with Crippen LogP contribution in [0.5, 0.6) is 5.75 Å². The average molecular weight is 518 g/mol. The molecule has 2 atom stereocenters. The highest BCUT2D eigenvalue weighted by molar-refractivity contribution is 5.96. The summed E-state index contributed by atoms with van der Waals surface area (Å²) in [5.41, 5.74) is 3.67. The van der Waals surface area contributed by atoms with E-state index in [1.54, 1.807) is 31.4 Å². The Bertz CT molecular complexity index is 1200. The van der Waals surface area contributed by atoms with Gasteiger partial charge in [0, 0.05) is 24.8 Å². The predicted molar refractivity (Wildman–Crippen MR) is 146 cm³/mol. The second kappa shape index (κ2) is 13.6. The lowest BCUT2D eigenvalue weighted by Crippen LogP contribution is -2.43. The molecule has 0 bridgehead atoms. The summed E-state index contributed by atoms with van der Waals surface area (Å²) in [6.07, 6.45) is 4.05. The minimum Gasteiger partial charge on any atom is -0.494 e. The summed E-state index contributed by atoms with van der Waals surface area (Å²) < 4.78 is 16.1. The van der Waals surface area contributed by atoms with E-state index in [2.05, 4.69) is 22.8 Å². The minimum absolute atomic E-state index is 0.310. The number of rotatable bonds is 12. The van der Waals surface area contributed by atoms with Gasteiger partial charge in [-0.25, -0.2) is 9.78 Å². The van der Waals surface area contributed by atoms with Gasteiger partial charge in [-0.1, -0.05) is 36.4 Å². The number of benzene rings is 2. The van der Waals surface area contributed by atoms with Crippen LogP contribution < -0.4 is 15.4 Å². The Kier molecular flexibility index (Phi) is 9.70. The molecule has 0 spiro atoms. The van der Waals surface area contributed by atoms with E-state index in [0.29, 0.717) is 31.2 Å². The van der Waals surface area contributed by atoms with Gasteiger partial charge in [0.15, 0.2) is 0 Å². The van der Waals surface area contributed by atoms with Crippen molar-refractivity contribution in [3.63, 3.8) is 0 Å². The lowest BCUT2D eigenvalue weighted by Gasteiger charge is -2.26. The molecule has 1 unspecified atom stereocenters. The second-order valence-electron chi connectivity index (χ2n) is 9.36. The number of hydrogen-bond acceptors (Lipinski definition) is 7. The normalized spacial score (nSPS) is 15.1. The monoisotopic (exact) mass is 517 g/mol. The number of methoxy groups -OCH3 is 2. The number of nitrogens with one attached hydrogen (secondary N) is 2. The molecular formula is C30H35N3O5. The van der Waals surface area contributed by atoms with Crippen LogP contribution >= 0.6 is 0 Å². The first kappa shape index (κ1) is 27.1. The topological polar surface area (TPSA) is 98.8 Å². The summed E-state index contributed by atoms with van der Waals surface area (Å²) >= 11 is 0. The zero-order valence-corrected chi connectivity index (χ0v) is 21.9. The molecule has 1 aromatic heterocycles. The number of nitrogens with zero attached hydrogens (tertiary/aromatic N) is 1. The van der Waals surface area contributed by atoms with Gasteiger partial charge in [-0.15, -0.1) is 0 Å². The van der Waals surface area contributed by atoms with Crippen LogP contribution in [0, 0.1) is 0 Å². The number of aryl methyl sites for hydroxylation is 2. The van der Waals surface area contributed by atoms with Crippen LogP contribution in [0.15, 0.2) is 66.7 Å². The number of pyridine rings is 1. The van der Waals surface area contributed by atoms with Gasteiger partial charge in [0.05, 0.1) is 26.4 Å². The Balaban J connectivity index is 1.25. The van der Waals surface area contributed by atoms with E-state index in [-0.39, 0.29) is 5.91 Å². The van der Waals surface area contributed by atoms with Crippen LogP contribution in [0.25, 0.3) is 0 Å². The van der Waals surface area contributed by atoms with E-state index in [9.17, 15) is 9.59 Å². The number of carbonyl (C=O) groups excluding carboxylic acids is 2. The molecule has 2 aromatic carbocycles. The fourth-order valence-electron chi connectivity index (χ4n) is 4.48. The Morgan fingerprint density at radius 2 is 1.84 bits per heavy atom. The highest BCUT2D eigenvalue weighted by atomic mass is 16.5. The van der Waals surface area contributed by atoms with Crippen molar-refractivity contribution < 1.29 is 23.8 Å². The molecule has 0 aliphatic carbocycles. The highest BCUT2D eigenvalue weighted by Crippen LogP contribution is 2.24. The molecule has 38 heavy (non-hydrogen) atoms. The summed E-state index contributed by atoms with van der Waals surface area (Å²) in [5.74, 6) is 0.909. The Hall–Kier alpha value is -3.91. The number of fused-ring (bicyclic) bond motifs is 1. The molecule has 1 aliphatic heterocycles. The molecule has 0 radical (unpaired) electrons. The second-order valence-corrected chi connectivity index (χ2v) is 9.36. The van der Waals surface area contributed by atoms with Gasteiger partial charge in [-0.2, -0.15) is 0 Å². The third kappa shape index (κ3) is 7.55. The number of hydrogen-bond donors (Lipinski definition) is 2. The molecule has 1 amide bonds. The first-order chi connectivity index (χ1) is 18.6. The average Bonchev–Trinajstić information content (AvgIpc) is 2.95. The summed E-state index contributed by atoms with van der Waals surface area (Å²) in [5, 5.41) is 6.25. The van der Waals surface area contributed by atoms with Crippen molar-refractivity contribution >= 4 is 17.7 Å². The predicted octanol–water partition coefficient (Wildman–Crippen LogP) is 3.98. The van der Waals surface area contributed by atoms with Gasteiger partial charge in [0.2, 0.25) is 0 Å². The van der Waals surface area contributed by atoms with Crippen molar-refractivity contribution in [2.24, 2.45) is 0 Å². The first-order valence-corrected chi connectivity index (χ1v) is 13.0. The van der Waals surface area contributed by atoms with Gasteiger partial charge < -0.3 is 24.8 Å². The molecule has 3 aromatic rings. The number of aromatic nitrogens is 1. The lowest BCUT2D eigenvalue weighted by atomic mass is 10.0. The van der Waals surface area contributed by atoms with E-state index in [0.717, 1.165) is 48.5 Å². The standard InChI is InChI=1S/C30H35N3O5/c1-36-20-25-15-13-22-12-14-24(31-28(22)32-25)9-6-18-38-26-16-10-21(11-17-26)19-27(30(35)37-2)33-29(34)23-7-4-3-5-8-23/h3-5,7-8,10-12,14,16-17,25,27H,6,9,13,15,18-20H2,1-2H3,(H,31,32)(H,33,34)/t25?,27-/m0/s1. The van der Waals surface area contributed by atoms with Crippen LogP contribution in [0.4, 0.5) is 5.82 Å². The van der Waals surface area contributed by atoms with E-state index < -0.39 is 12.0 Å². The number of anilines is 1. The molecule has 8 heteroatoms. The van der Waals surface area contributed by atoms with E-state index in [1.807, 2.05) is 30.3 Å². The minimum atomic E-state index is -0.789. The maximum absolute atomic E-state index is 12.5. The molecular weight excluding hydrogens is 482 g/mol. The van der Waals surface area contributed by atoms with Crippen molar-refractivity contribution in [1.82, 2.24) is 10.3 Å². The molecule has 200 valence electrons. The number of esters is 1. The first-order valence-electron chi connectivity index (χ1n) is 13.0. The molecule has 0 saturated carbocycles. The van der Waals surface area contributed by atoms with E-state index >= 15 is 0 Å². The summed E-state index contributed by atoms with van der Waals surface area (Å²) in [4.78, 5) is 29.6. The van der Waals surface area contributed by atoms with Crippen LogP contribution in [0.3, 0.4) is 0 Å². The van der Waals surface area contributed by atoms with Crippen LogP contribution in [-0.2, 0) is 33.5 Å². The van der Waals surface area contributed by atoms with Crippen molar-refractivity contribution in [3.05, 3.63) is 89.1 Å². The molecule has 4 rings (SSSR count). The molecule has 0 fully saturated rings. The number of ether oxygens (including phenoxy) is 3. The Morgan fingerprint density at radius 3 is 2.58 bits per heavy atom. The quantitative estimate of drug-likeness (QED) is 0.277. The van der Waals surface area contributed by atoms with Crippen LogP contribution in [-0.4, -0.2) is 56.4 Å². The number of amides is 1. The third-order valence-electron chi connectivity index (χ3n) is 6.54. The van der Waals surface area contributed by atoms with Crippen molar-refractivity contribution in [3.8, 4) is 5.75 Å². The zero-order valence-electron chi connectivity index (χ0n) is 21.9. The largest absolute Gasteiger partial charge is 0.494 e. The van der Waals surface area contributed by atoms with Gasteiger partial charge in [0.1, 0.15) is 17.6 Å². The van der Waals surface area contributed by atoms with Crippen LogP contribution in [0.2, 0.25) is 0 Å². The van der Waals surface area contributed by atoms with Crippen LogP contribution in [0.1, 0.15) is 40.0 Å². The fourth-order valence-corrected chi connectivity index (χ4v) is 4.48. The Morgan fingerprint density at radius 1 is 1.05 bits per heavy atom. The molecule has 8 nitrogen and oxygen atoms in total. The third-order valence-corrected chi connectivity index (χ3v) is 6.54. The maximum Gasteiger partial charge on any atom is 0.328 e. The Labute approximate surface area is 223 Å². The lowest BCUT2D eigenvalue weighted by molar-refractivity contribution is -0.142. The highest BCUT2D eigenvalue weighted by Gasteiger charge is 2.23. The summed E-state index contributed by atoms with van der Waals surface area (Å²) in [6, 6.07) is 20.1. The van der Waals surface area contributed by atoms with Crippen molar-refractivity contribution in [2.75, 3.05) is 32.8 Å². The summed E-state index contributed by atoms with van der Waals surface area (Å²) in [7, 11) is 3.04. The fraction of sp³-hybridized carbons (Fsp3) is 0.367. The molecule has 2 heterocycles. The van der Waals surface area contributed by atoms with Crippen molar-refractivity contribution in [2.45, 2.75) is 44.2 Å². The zero-order chi connectivity index (χ0) is 26.7. The summed E-state index contributed by atoms with van der Waals surface area (Å²) in [6.45, 7) is 1.25. The molecule has 0 saturated heterocycles. The SMILES string of the molecule is COCC1CCc2ccc(CCCOc3ccc(C[C@H](NC(=O)c4ccccc4)C(=O)OC)cc3)nc2N1. The van der Waals surface area contributed by atoms with Crippen molar-refractivity contribution in [1.29, 1.82) is 0 Å². The van der Waals surface area contributed by atoms with Gasteiger partial charge in [-0.05, 0) is 67.1 Å². The molecule has 2 N–H and O–H groups in total. The van der Waals surface area contributed by atoms with E-state index in [1.165, 1.54) is 12.7 Å². The van der Waals surface area contributed by atoms with Gasteiger partial charge in [-0.3, -0.25) is 4.79 Å². The maximum atomic E-state index is 12.5. The number of carbonyl (C=O) groups is 2. The van der Waals surface area contributed by atoms with Gasteiger partial charge in [0.25, 0.3) is 5.91 Å². The molecule has 1 aliphatic rings. The smallest absolute Gasteiger partial charge is 0.328 e. The van der Waals surface area contributed by atoms with E-state index in [4.69, 9.17) is 19.2 Å². The van der Waals surface area contributed by atoms with Gasteiger partial charge >= 0.3 is 5.97 Å².